The quantitative estimate of drug-likeness (QED) is 0.516. The average molecular weight is 273 g/mol. The van der Waals surface area contributed by atoms with Gasteiger partial charge in [0.15, 0.2) is 0 Å². The van der Waals surface area contributed by atoms with E-state index in [1.54, 1.807) is 0 Å². The molecule has 0 amide bonds. The Morgan fingerprint density at radius 2 is 1.14 bits per heavy atom. The van der Waals surface area contributed by atoms with E-state index in [1.165, 1.54) is 0 Å². The van der Waals surface area contributed by atoms with Gasteiger partial charge in [-0.1, -0.05) is 18.2 Å². The molecule has 0 bridgehead atoms. The molecule has 0 radical (unpaired) electrons. The van der Waals surface area contributed by atoms with Gasteiger partial charge in [-0.3, -0.25) is 0 Å². The molecule has 21 heavy (non-hydrogen) atoms. The van der Waals surface area contributed by atoms with E-state index in [0.717, 1.165) is 38.9 Å². The summed E-state index contributed by atoms with van der Waals surface area (Å²) in [6.45, 7) is 0. The number of hydrogen-bond acceptors (Lipinski definition) is 2. The van der Waals surface area contributed by atoms with Crippen LogP contribution >= 0.6 is 0 Å². The van der Waals surface area contributed by atoms with Gasteiger partial charge in [-0.05, 0) is 48.5 Å². The summed E-state index contributed by atoms with van der Waals surface area (Å²) in [6.07, 6.45) is 0. The minimum atomic E-state index is 0.761. The van der Waals surface area contributed by atoms with Crippen LogP contribution in [0.1, 0.15) is 0 Å². The summed E-state index contributed by atoms with van der Waals surface area (Å²) in [4.78, 5) is 0. The van der Waals surface area contributed by atoms with E-state index in [-0.39, 0.29) is 0 Å². The van der Waals surface area contributed by atoms with E-state index < -0.39 is 0 Å². The summed E-state index contributed by atoms with van der Waals surface area (Å²) in [7, 11) is 0. The molecule has 1 aromatic heterocycles. The van der Waals surface area contributed by atoms with Crippen LogP contribution in [0.2, 0.25) is 0 Å². The zero-order valence-electron chi connectivity index (χ0n) is 11.5. The molecule has 0 aliphatic rings. The van der Waals surface area contributed by atoms with Crippen molar-refractivity contribution in [2.45, 2.75) is 0 Å². The first-order chi connectivity index (χ1) is 10.2. The molecule has 0 unspecified atom stereocenters. The Morgan fingerprint density at radius 1 is 0.619 bits per heavy atom. The summed E-state index contributed by atoms with van der Waals surface area (Å²) >= 11 is 0. The molecule has 4 aromatic rings. The molecule has 0 atom stereocenters. The van der Waals surface area contributed by atoms with Crippen LogP contribution in [0.3, 0.4) is 0 Å². The Kier molecular flexibility index (Phi) is 2.42. The van der Waals surface area contributed by atoms with Crippen molar-refractivity contribution in [3.05, 3.63) is 66.7 Å². The van der Waals surface area contributed by atoms with Crippen molar-refractivity contribution in [2.24, 2.45) is 0 Å². The standard InChI is InChI=1S/C18H15N3/c19-12-6-8-17-15(10-12)16-11-13(20)7-9-18(16)21(17)14-4-2-1-3-5-14/h1-11H,19-20H2. The molecular formula is C18H15N3. The summed E-state index contributed by atoms with van der Waals surface area (Å²) in [6, 6.07) is 22.3. The molecular weight excluding hydrogens is 258 g/mol. The van der Waals surface area contributed by atoms with Crippen LogP contribution in [0.5, 0.6) is 0 Å². The lowest BCUT2D eigenvalue weighted by molar-refractivity contribution is 1.18. The van der Waals surface area contributed by atoms with Gasteiger partial charge >= 0.3 is 0 Å². The van der Waals surface area contributed by atoms with Crippen molar-refractivity contribution in [3.8, 4) is 5.69 Å². The first-order valence-corrected chi connectivity index (χ1v) is 6.88. The third-order valence-electron chi connectivity index (χ3n) is 3.83. The van der Waals surface area contributed by atoms with E-state index in [0.29, 0.717) is 0 Å². The fourth-order valence-electron chi connectivity index (χ4n) is 2.91. The minimum Gasteiger partial charge on any atom is -0.399 e. The predicted octanol–water partition coefficient (Wildman–Crippen LogP) is 3.95. The number of para-hydroxylation sites is 1. The van der Waals surface area contributed by atoms with Crippen molar-refractivity contribution in [2.75, 3.05) is 11.5 Å². The van der Waals surface area contributed by atoms with Crippen LogP contribution in [0.15, 0.2) is 66.7 Å². The molecule has 0 aliphatic carbocycles. The molecule has 4 rings (SSSR count). The fourth-order valence-corrected chi connectivity index (χ4v) is 2.91. The molecule has 3 aromatic carbocycles. The molecule has 1 heterocycles. The van der Waals surface area contributed by atoms with Crippen LogP contribution in [0.25, 0.3) is 27.5 Å². The Hall–Kier alpha value is -2.94. The smallest absolute Gasteiger partial charge is 0.0542 e. The SMILES string of the molecule is Nc1ccc2c(c1)c1cc(N)ccc1n2-c1ccccc1. The summed E-state index contributed by atoms with van der Waals surface area (Å²) in [5.74, 6) is 0. The van der Waals surface area contributed by atoms with Gasteiger partial charge in [0.05, 0.1) is 11.0 Å². The Morgan fingerprint density at radius 3 is 1.67 bits per heavy atom. The van der Waals surface area contributed by atoms with E-state index in [2.05, 4.69) is 28.8 Å². The number of hydrogen-bond donors (Lipinski definition) is 2. The second-order valence-electron chi connectivity index (χ2n) is 5.22. The first-order valence-electron chi connectivity index (χ1n) is 6.88. The maximum Gasteiger partial charge on any atom is 0.0542 e. The zero-order chi connectivity index (χ0) is 14.4. The Labute approximate surface area is 122 Å². The lowest BCUT2D eigenvalue weighted by atomic mass is 10.1. The van der Waals surface area contributed by atoms with Gasteiger partial charge in [0.2, 0.25) is 0 Å². The van der Waals surface area contributed by atoms with Gasteiger partial charge < -0.3 is 16.0 Å². The highest BCUT2D eigenvalue weighted by Crippen LogP contribution is 2.34. The maximum absolute atomic E-state index is 5.96. The molecule has 0 saturated heterocycles. The molecule has 102 valence electrons. The maximum atomic E-state index is 5.96. The number of aromatic nitrogens is 1. The van der Waals surface area contributed by atoms with Crippen LogP contribution in [-0.2, 0) is 0 Å². The van der Waals surface area contributed by atoms with E-state index in [1.807, 2.05) is 42.5 Å². The van der Waals surface area contributed by atoms with E-state index >= 15 is 0 Å². The highest BCUT2D eigenvalue weighted by atomic mass is 15.0. The van der Waals surface area contributed by atoms with Gasteiger partial charge in [-0.25, -0.2) is 0 Å². The van der Waals surface area contributed by atoms with Gasteiger partial charge in [0, 0.05) is 27.8 Å². The number of anilines is 2. The van der Waals surface area contributed by atoms with Crippen molar-refractivity contribution in [1.82, 2.24) is 4.57 Å². The number of benzene rings is 3. The first kappa shape index (κ1) is 11.9. The van der Waals surface area contributed by atoms with E-state index in [9.17, 15) is 0 Å². The second-order valence-corrected chi connectivity index (χ2v) is 5.22. The fraction of sp³-hybridized carbons (Fsp3) is 0. The lowest BCUT2D eigenvalue weighted by Crippen LogP contribution is -1.93. The Bertz CT molecular complexity index is 893. The van der Waals surface area contributed by atoms with Gasteiger partial charge in [0.1, 0.15) is 0 Å². The third-order valence-corrected chi connectivity index (χ3v) is 3.83. The van der Waals surface area contributed by atoms with Crippen molar-refractivity contribution >= 4 is 33.2 Å². The predicted molar refractivity (Wildman–Crippen MR) is 89.6 cm³/mol. The second kappa shape index (κ2) is 4.28. The molecule has 0 aliphatic heterocycles. The van der Waals surface area contributed by atoms with Crippen molar-refractivity contribution in [1.29, 1.82) is 0 Å². The van der Waals surface area contributed by atoms with Gasteiger partial charge in [0.25, 0.3) is 0 Å². The van der Waals surface area contributed by atoms with E-state index in [4.69, 9.17) is 11.5 Å². The number of rotatable bonds is 1. The van der Waals surface area contributed by atoms with Gasteiger partial charge in [-0.2, -0.15) is 0 Å². The molecule has 0 spiro atoms. The molecule has 3 heteroatoms. The molecule has 0 saturated carbocycles. The third kappa shape index (κ3) is 1.75. The van der Waals surface area contributed by atoms with Crippen LogP contribution in [-0.4, -0.2) is 4.57 Å². The number of nitrogens with two attached hydrogens (primary N) is 2. The monoisotopic (exact) mass is 273 g/mol. The topological polar surface area (TPSA) is 57.0 Å². The van der Waals surface area contributed by atoms with Crippen LogP contribution in [0, 0.1) is 0 Å². The summed E-state index contributed by atoms with van der Waals surface area (Å²) in [5, 5.41) is 2.25. The highest BCUT2D eigenvalue weighted by molar-refractivity contribution is 6.11. The average Bonchev–Trinajstić information content (AvgIpc) is 2.81. The Balaban J connectivity index is 2.22. The number of nitrogens with zero attached hydrogens (tertiary/aromatic N) is 1. The largest absolute Gasteiger partial charge is 0.399 e. The molecule has 3 nitrogen and oxygen atoms in total. The normalized spacial score (nSPS) is 11.2. The van der Waals surface area contributed by atoms with Crippen LogP contribution < -0.4 is 11.5 Å². The lowest BCUT2D eigenvalue weighted by Gasteiger charge is -2.07. The molecule has 4 N–H and O–H groups in total. The number of nitrogen functional groups attached to an aromatic ring is 2. The van der Waals surface area contributed by atoms with Crippen molar-refractivity contribution in [3.63, 3.8) is 0 Å². The molecule has 0 fully saturated rings. The minimum absolute atomic E-state index is 0.761. The summed E-state index contributed by atoms with van der Waals surface area (Å²) in [5.41, 5.74) is 16.8. The summed E-state index contributed by atoms with van der Waals surface area (Å²) < 4.78 is 2.24. The van der Waals surface area contributed by atoms with Gasteiger partial charge in [-0.15, -0.1) is 0 Å². The van der Waals surface area contributed by atoms with Crippen LogP contribution in [0.4, 0.5) is 11.4 Å². The zero-order valence-corrected chi connectivity index (χ0v) is 11.5. The highest BCUT2D eigenvalue weighted by Gasteiger charge is 2.12. The number of fused-ring (bicyclic) bond motifs is 3. The van der Waals surface area contributed by atoms with Crippen molar-refractivity contribution < 1.29 is 0 Å².